The minimum Gasteiger partial charge on any atom is -0.305 e. The maximum Gasteiger partial charge on any atom is 0.0844 e. The highest BCUT2D eigenvalue weighted by atomic mass is 32.1. The van der Waals surface area contributed by atoms with E-state index in [4.69, 9.17) is 5.10 Å². The molecule has 2 heterocycles. The van der Waals surface area contributed by atoms with Gasteiger partial charge in [0.2, 0.25) is 0 Å². The van der Waals surface area contributed by atoms with Gasteiger partial charge >= 0.3 is 0 Å². The zero-order chi connectivity index (χ0) is 14.7. The minimum absolute atomic E-state index is 0.157. The van der Waals surface area contributed by atoms with Gasteiger partial charge in [0.1, 0.15) is 0 Å². The first kappa shape index (κ1) is 14.0. The lowest BCUT2D eigenvalue weighted by molar-refractivity contribution is 0.609. The number of rotatable bonds is 5. The first-order valence-corrected chi connectivity index (χ1v) is 8.05. The summed E-state index contributed by atoms with van der Waals surface area (Å²) in [6, 6.07) is 14.7. The van der Waals surface area contributed by atoms with Crippen LogP contribution in [-0.4, -0.2) is 16.3 Å². The fraction of sp³-hybridized carbons (Fsp3) is 0.235. The molecule has 0 amide bonds. The summed E-state index contributed by atoms with van der Waals surface area (Å²) in [7, 11) is 0. The van der Waals surface area contributed by atoms with Crippen LogP contribution in [0.4, 0.5) is 0 Å². The highest BCUT2D eigenvalue weighted by molar-refractivity contribution is 7.10. The van der Waals surface area contributed by atoms with Crippen molar-refractivity contribution in [1.82, 2.24) is 15.1 Å². The zero-order valence-corrected chi connectivity index (χ0v) is 13.1. The van der Waals surface area contributed by atoms with Crippen molar-refractivity contribution in [3.8, 4) is 5.69 Å². The van der Waals surface area contributed by atoms with Crippen LogP contribution in [-0.2, 0) is 0 Å². The molecule has 0 aliphatic carbocycles. The molecule has 0 saturated carbocycles. The molecule has 0 bridgehead atoms. The Morgan fingerprint density at radius 3 is 2.71 bits per heavy atom. The van der Waals surface area contributed by atoms with E-state index >= 15 is 0 Å². The largest absolute Gasteiger partial charge is 0.305 e. The van der Waals surface area contributed by atoms with Gasteiger partial charge in [-0.15, -0.1) is 11.3 Å². The van der Waals surface area contributed by atoms with E-state index in [-0.39, 0.29) is 6.04 Å². The van der Waals surface area contributed by atoms with E-state index in [9.17, 15) is 0 Å². The van der Waals surface area contributed by atoms with Crippen LogP contribution in [0.25, 0.3) is 5.69 Å². The van der Waals surface area contributed by atoms with Crippen molar-refractivity contribution in [3.05, 3.63) is 70.2 Å². The number of aromatic nitrogens is 2. The van der Waals surface area contributed by atoms with Gasteiger partial charge in [0, 0.05) is 11.1 Å². The van der Waals surface area contributed by atoms with Crippen LogP contribution in [0.5, 0.6) is 0 Å². The molecule has 3 nitrogen and oxygen atoms in total. The van der Waals surface area contributed by atoms with E-state index in [1.54, 1.807) is 11.3 Å². The number of nitrogens with one attached hydrogen (secondary N) is 1. The van der Waals surface area contributed by atoms with Gasteiger partial charge in [-0.3, -0.25) is 0 Å². The van der Waals surface area contributed by atoms with Crippen molar-refractivity contribution < 1.29 is 0 Å². The monoisotopic (exact) mass is 297 g/mol. The molecule has 1 N–H and O–H groups in total. The van der Waals surface area contributed by atoms with E-state index in [2.05, 4.69) is 48.8 Å². The summed E-state index contributed by atoms with van der Waals surface area (Å²) in [6.07, 6.45) is 2.02. The Morgan fingerprint density at radius 2 is 2.05 bits per heavy atom. The van der Waals surface area contributed by atoms with E-state index in [0.717, 1.165) is 17.9 Å². The third-order valence-corrected chi connectivity index (χ3v) is 4.30. The van der Waals surface area contributed by atoms with Crippen LogP contribution in [0.15, 0.2) is 54.0 Å². The lowest BCUT2D eigenvalue weighted by atomic mass is 10.1. The quantitative estimate of drug-likeness (QED) is 0.773. The number of nitrogens with zero attached hydrogens (tertiary/aromatic N) is 2. The molecule has 0 spiro atoms. The molecule has 1 atom stereocenters. The Kier molecular flexibility index (Phi) is 4.18. The van der Waals surface area contributed by atoms with Crippen molar-refractivity contribution in [3.63, 3.8) is 0 Å². The van der Waals surface area contributed by atoms with Gasteiger partial charge in [-0.05, 0) is 48.7 Å². The SMILES string of the molecule is CCNC(c1csc(C)c1)c1ccn(-c2ccccc2)n1. The summed E-state index contributed by atoms with van der Waals surface area (Å²) in [5.41, 5.74) is 3.43. The Morgan fingerprint density at radius 1 is 1.24 bits per heavy atom. The molecule has 0 radical (unpaired) electrons. The van der Waals surface area contributed by atoms with E-state index < -0.39 is 0 Å². The van der Waals surface area contributed by atoms with Crippen LogP contribution in [0.1, 0.15) is 29.1 Å². The summed E-state index contributed by atoms with van der Waals surface area (Å²) in [5, 5.41) is 10.5. The van der Waals surface area contributed by atoms with Crippen LogP contribution in [0.3, 0.4) is 0 Å². The van der Waals surface area contributed by atoms with Gasteiger partial charge < -0.3 is 5.32 Å². The third kappa shape index (κ3) is 3.06. The lowest BCUT2D eigenvalue weighted by Gasteiger charge is -2.14. The van der Waals surface area contributed by atoms with E-state index in [1.807, 2.05) is 29.1 Å². The van der Waals surface area contributed by atoms with Gasteiger partial charge in [-0.2, -0.15) is 5.10 Å². The fourth-order valence-corrected chi connectivity index (χ4v) is 3.16. The lowest BCUT2D eigenvalue weighted by Crippen LogP contribution is -2.22. The van der Waals surface area contributed by atoms with E-state index in [0.29, 0.717) is 0 Å². The Hall–Kier alpha value is -1.91. The van der Waals surface area contributed by atoms with Crippen LogP contribution in [0, 0.1) is 6.92 Å². The Labute approximate surface area is 129 Å². The molecule has 21 heavy (non-hydrogen) atoms. The van der Waals surface area contributed by atoms with Crippen molar-refractivity contribution in [2.75, 3.05) is 6.54 Å². The Bertz CT molecular complexity index is 700. The fourth-order valence-electron chi connectivity index (χ4n) is 2.43. The average Bonchev–Trinajstić information content (AvgIpc) is 3.15. The second kappa shape index (κ2) is 6.24. The first-order chi connectivity index (χ1) is 10.3. The predicted octanol–water partition coefficient (Wildman–Crippen LogP) is 3.94. The summed E-state index contributed by atoms with van der Waals surface area (Å²) < 4.78 is 1.93. The Balaban J connectivity index is 1.92. The third-order valence-electron chi connectivity index (χ3n) is 3.42. The number of benzene rings is 1. The van der Waals surface area contributed by atoms with Gasteiger partial charge in [0.15, 0.2) is 0 Å². The van der Waals surface area contributed by atoms with Crippen molar-refractivity contribution >= 4 is 11.3 Å². The summed E-state index contributed by atoms with van der Waals surface area (Å²) >= 11 is 1.78. The van der Waals surface area contributed by atoms with Crippen LogP contribution < -0.4 is 5.32 Å². The van der Waals surface area contributed by atoms with Gasteiger partial charge in [-0.1, -0.05) is 25.1 Å². The number of aryl methyl sites for hydroxylation is 1. The zero-order valence-electron chi connectivity index (χ0n) is 12.3. The summed E-state index contributed by atoms with van der Waals surface area (Å²) in [6.45, 7) is 5.18. The maximum absolute atomic E-state index is 4.74. The molecule has 1 unspecified atom stereocenters. The highest BCUT2D eigenvalue weighted by Crippen LogP contribution is 2.25. The first-order valence-electron chi connectivity index (χ1n) is 7.17. The molecule has 1 aromatic carbocycles. The molecule has 4 heteroatoms. The molecule has 0 aliphatic rings. The predicted molar refractivity (Wildman–Crippen MR) is 88.1 cm³/mol. The number of hydrogen-bond donors (Lipinski definition) is 1. The van der Waals surface area contributed by atoms with Crippen molar-refractivity contribution in [2.45, 2.75) is 19.9 Å². The van der Waals surface area contributed by atoms with Crippen LogP contribution >= 0.6 is 11.3 Å². The second-order valence-corrected chi connectivity index (χ2v) is 6.12. The number of para-hydroxylation sites is 1. The molecule has 3 aromatic rings. The highest BCUT2D eigenvalue weighted by Gasteiger charge is 2.17. The smallest absolute Gasteiger partial charge is 0.0844 e. The maximum atomic E-state index is 4.74. The minimum atomic E-state index is 0.157. The van der Waals surface area contributed by atoms with Gasteiger partial charge in [-0.25, -0.2) is 4.68 Å². The molecule has 2 aromatic heterocycles. The van der Waals surface area contributed by atoms with Gasteiger partial charge in [0.25, 0.3) is 0 Å². The van der Waals surface area contributed by atoms with Gasteiger partial charge in [0.05, 0.1) is 17.4 Å². The second-order valence-electron chi connectivity index (χ2n) is 5.00. The number of hydrogen-bond acceptors (Lipinski definition) is 3. The molecule has 0 fully saturated rings. The summed E-state index contributed by atoms with van der Waals surface area (Å²) in [5.74, 6) is 0. The average molecular weight is 297 g/mol. The molecule has 0 saturated heterocycles. The molecular formula is C17H19N3S. The van der Waals surface area contributed by atoms with Crippen LogP contribution in [0.2, 0.25) is 0 Å². The van der Waals surface area contributed by atoms with E-state index in [1.165, 1.54) is 10.4 Å². The van der Waals surface area contributed by atoms with Crippen molar-refractivity contribution in [2.24, 2.45) is 0 Å². The standard InChI is InChI=1S/C17H19N3S/c1-3-18-17(14-11-13(2)21-12-14)16-9-10-20(19-16)15-7-5-4-6-8-15/h4-12,17-18H,3H2,1-2H3. The normalized spacial score (nSPS) is 12.5. The van der Waals surface area contributed by atoms with Crippen molar-refractivity contribution in [1.29, 1.82) is 0 Å². The summed E-state index contributed by atoms with van der Waals surface area (Å²) in [4.78, 5) is 1.33. The number of thiophene rings is 1. The molecular weight excluding hydrogens is 278 g/mol. The molecule has 3 rings (SSSR count). The molecule has 0 aliphatic heterocycles. The molecule has 108 valence electrons. The topological polar surface area (TPSA) is 29.9 Å².